The summed E-state index contributed by atoms with van der Waals surface area (Å²) in [7, 11) is 0. The van der Waals surface area contributed by atoms with Crippen molar-refractivity contribution >= 4 is 17.8 Å². The van der Waals surface area contributed by atoms with Crippen molar-refractivity contribution in [3.8, 4) is 5.75 Å². The Bertz CT molecular complexity index is 430. The number of hydrogen-bond donors (Lipinski definition) is 2. The maximum absolute atomic E-state index is 11.1. The van der Waals surface area contributed by atoms with Gasteiger partial charge in [0.2, 0.25) is 0 Å². The molecule has 17 heavy (non-hydrogen) atoms. The van der Waals surface area contributed by atoms with E-state index < -0.39 is 12.1 Å². The summed E-state index contributed by atoms with van der Waals surface area (Å²) in [6.45, 7) is 2.12. The summed E-state index contributed by atoms with van der Waals surface area (Å²) in [6.07, 6.45) is -0.149. The first-order chi connectivity index (χ1) is 8.04. The molecule has 0 aliphatic rings. The third kappa shape index (κ3) is 3.67. The van der Waals surface area contributed by atoms with Crippen molar-refractivity contribution < 1.29 is 24.2 Å². The van der Waals surface area contributed by atoms with Crippen LogP contribution < -0.4 is 10.5 Å². The molecule has 0 aliphatic carbocycles. The van der Waals surface area contributed by atoms with E-state index in [9.17, 15) is 9.59 Å². The Labute approximate surface area is 97.9 Å². The van der Waals surface area contributed by atoms with Crippen LogP contribution in [-0.2, 0) is 4.74 Å². The number of rotatable bonds is 4. The van der Waals surface area contributed by atoms with Crippen molar-refractivity contribution in [1.29, 1.82) is 0 Å². The van der Waals surface area contributed by atoms with E-state index in [-0.39, 0.29) is 23.6 Å². The van der Waals surface area contributed by atoms with Gasteiger partial charge in [-0.2, -0.15) is 0 Å². The molecule has 0 radical (unpaired) electrons. The van der Waals surface area contributed by atoms with Crippen LogP contribution in [0.4, 0.5) is 10.5 Å². The van der Waals surface area contributed by atoms with Crippen molar-refractivity contribution in [2.45, 2.75) is 13.3 Å². The molecule has 3 N–H and O–H groups in total. The largest absolute Gasteiger partial charge is 0.513 e. The molecule has 6 nitrogen and oxygen atoms in total. The van der Waals surface area contributed by atoms with E-state index in [1.807, 2.05) is 6.92 Å². The number of aromatic carboxylic acids is 1. The molecule has 0 heterocycles. The Kier molecular flexibility index (Phi) is 4.33. The van der Waals surface area contributed by atoms with Crippen molar-refractivity contribution in [2.24, 2.45) is 0 Å². The first-order valence-corrected chi connectivity index (χ1v) is 5.02. The Morgan fingerprint density at radius 1 is 1.41 bits per heavy atom. The molecule has 1 aromatic rings. The fraction of sp³-hybridized carbons (Fsp3) is 0.273. The molecule has 0 atom stereocenters. The van der Waals surface area contributed by atoms with Gasteiger partial charge in [0.05, 0.1) is 12.2 Å². The van der Waals surface area contributed by atoms with Gasteiger partial charge in [0.15, 0.2) is 0 Å². The second kappa shape index (κ2) is 5.74. The fourth-order valence-electron chi connectivity index (χ4n) is 1.11. The van der Waals surface area contributed by atoms with E-state index in [1.54, 1.807) is 0 Å². The molecule has 6 heteroatoms. The lowest BCUT2D eigenvalue weighted by Gasteiger charge is -2.06. The number of carboxylic acids is 1. The quantitative estimate of drug-likeness (QED) is 0.473. The summed E-state index contributed by atoms with van der Waals surface area (Å²) in [6, 6.07) is 3.86. The van der Waals surface area contributed by atoms with Crippen LogP contribution in [0, 0.1) is 0 Å². The molecule has 0 fully saturated rings. The molecule has 0 unspecified atom stereocenters. The first kappa shape index (κ1) is 12.8. The van der Waals surface area contributed by atoms with Gasteiger partial charge in [0.25, 0.3) is 0 Å². The van der Waals surface area contributed by atoms with Crippen LogP contribution >= 0.6 is 0 Å². The topological polar surface area (TPSA) is 98.8 Å². The zero-order valence-corrected chi connectivity index (χ0v) is 9.30. The van der Waals surface area contributed by atoms with Gasteiger partial charge in [-0.15, -0.1) is 0 Å². The van der Waals surface area contributed by atoms with Crippen molar-refractivity contribution in [3.05, 3.63) is 23.8 Å². The highest BCUT2D eigenvalue weighted by atomic mass is 16.7. The van der Waals surface area contributed by atoms with E-state index in [1.165, 1.54) is 18.2 Å². The van der Waals surface area contributed by atoms with E-state index >= 15 is 0 Å². The van der Waals surface area contributed by atoms with Crippen LogP contribution in [0.1, 0.15) is 23.7 Å². The molecule has 0 bridgehead atoms. The number of benzene rings is 1. The average molecular weight is 239 g/mol. The fourth-order valence-corrected chi connectivity index (χ4v) is 1.11. The minimum atomic E-state index is -1.14. The lowest BCUT2D eigenvalue weighted by Crippen LogP contribution is -2.11. The summed E-state index contributed by atoms with van der Waals surface area (Å²) in [4.78, 5) is 21.8. The van der Waals surface area contributed by atoms with Crippen LogP contribution in [0.15, 0.2) is 18.2 Å². The summed E-state index contributed by atoms with van der Waals surface area (Å²) >= 11 is 0. The third-order valence-corrected chi connectivity index (χ3v) is 1.88. The molecule has 0 saturated heterocycles. The molecular weight excluding hydrogens is 226 g/mol. The van der Waals surface area contributed by atoms with E-state index in [4.69, 9.17) is 20.3 Å². The average Bonchev–Trinajstić information content (AvgIpc) is 2.26. The van der Waals surface area contributed by atoms with Crippen LogP contribution in [0.2, 0.25) is 0 Å². The van der Waals surface area contributed by atoms with Gasteiger partial charge >= 0.3 is 12.1 Å². The number of carbonyl (C=O) groups excluding carboxylic acids is 1. The van der Waals surface area contributed by atoms with E-state index in [0.29, 0.717) is 6.42 Å². The number of nitrogen functional groups attached to an aromatic ring is 1. The van der Waals surface area contributed by atoms with Gasteiger partial charge in [-0.25, -0.2) is 9.59 Å². The van der Waals surface area contributed by atoms with Gasteiger partial charge in [-0.1, -0.05) is 6.92 Å². The second-order valence-corrected chi connectivity index (χ2v) is 3.25. The summed E-state index contributed by atoms with van der Waals surface area (Å²) in [5.74, 6) is -0.990. The third-order valence-electron chi connectivity index (χ3n) is 1.88. The maximum atomic E-state index is 11.1. The van der Waals surface area contributed by atoms with Gasteiger partial charge < -0.3 is 20.3 Å². The standard InChI is InChI=1S/C11H13NO5/c1-2-5-16-11(15)17-7-3-4-8(10(13)14)9(12)6-7/h3-4,6H,2,5,12H2,1H3,(H,13,14). The SMILES string of the molecule is CCCOC(=O)Oc1ccc(C(=O)O)c(N)c1. The predicted molar refractivity (Wildman–Crippen MR) is 60.1 cm³/mol. The van der Waals surface area contributed by atoms with Crippen LogP contribution in [0.25, 0.3) is 0 Å². The number of hydrogen-bond acceptors (Lipinski definition) is 5. The van der Waals surface area contributed by atoms with Crippen molar-refractivity contribution in [1.82, 2.24) is 0 Å². The Balaban J connectivity index is 2.70. The van der Waals surface area contributed by atoms with Crippen LogP contribution in [0.3, 0.4) is 0 Å². The summed E-state index contributed by atoms with van der Waals surface area (Å²) < 4.78 is 9.49. The molecule has 0 amide bonds. The van der Waals surface area contributed by atoms with Gasteiger partial charge in [0.1, 0.15) is 5.75 Å². The highest BCUT2D eigenvalue weighted by Gasteiger charge is 2.11. The number of carboxylic acid groups (broad SMARTS) is 1. The second-order valence-electron chi connectivity index (χ2n) is 3.25. The number of anilines is 1. The van der Waals surface area contributed by atoms with Crippen LogP contribution in [0.5, 0.6) is 5.75 Å². The molecule has 92 valence electrons. The Morgan fingerprint density at radius 3 is 2.65 bits per heavy atom. The Hall–Kier alpha value is -2.24. The molecule has 1 rings (SSSR count). The summed E-state index contributed by atoms with van der Waals surface area (Å²) in [5, 5.41) is 8.74. The first-order valence-electron chi connectivity index (χ1n) is 5.02. The minimum absolute atomic E-state index is 0.0262. The maximum Gasteiger partial charge on any atom is 0.513 e. The van der Waals surface area contributed by atoms with Gasteiger partial charge in [-0.3, -0.25) is 0 Å². The Morgan fingerprint density at radius 2 is 2.12 bits per heavy atom. The predicted octanol–water partition coefficient (Wildman–Crippen LogP) is 1.89. The molecule has 0 aliphatic heterocycles. The molecule has 0 aromatic heterocycles. The van der Waals surface area contributed by atoms with Gasteiger partial charge in [-0.05, 0) is 18.6 Å². The van der Waals surface area contributed by atoms with Crippen molar-refractivity contribution in [3.63, 3.8) is 0 Å². The highest BCUT2D eigenvalue weighted by Crippen LogP contribution is 2.20. The molecule has 1 aromatic carbocycles. The molecule has 0 saturated carbocycles. The number of nitrogens with two attached hydrogens (primary N) is 1. The van der Waals surface area contributed by atoms with Crippen molar-refractivity contribution in [2.75, 3.05) is 12.3 Å². The number of ether oxygens (including phenoxy) is 2. The lowest BCUT2D eigenvalue weighted by atomic mass is 10.2. The molecular formula is C11H13NO5. The normalized spacial score (nSPS) is 9.71. The number of carbonyl (C=O) groups is 2. The highest BCUT2D eigenvalue weighted by molar-refractivity contribution is 5.93. The van der Waals surface area contributed by atoms with Gasteiger partial charge in [0, 0.05) is 11.8 Å². The summed E-state index contributed by atoms with van der Waals surface area (Å²) in [5.41, 5.74) is 5.47. The van der Waals surface area contributed by atoms with E-state index in [2.05, 4.69) is 0 Å². The minimum Gasteiger partial charge on any atom is -0.478 e. The molecule has 0 spiro atoms. The zero-order valence-electron chi connectivity index (χ0n) is 9.30. The lowest BCUT2D eigenvalue weighted by molar-refractivity contribution is 0.0698. The zero-order chi connectivity index (χ0) is 12.8. The smallest absolute Gasteiger partial charge is 0.478 e. The van der Waals surface area contributed by atoms with E-state index in [0.717, 1.165) is 0 Å². The van der Waals surface area contributed by atoms with Crippen LogP contribution in [-0.4, -0.2) is 23.8 Å². The monoisotopic (exact) mass is 239 g/mol.